The molecule has 2 bridgehead atoms. The van der Waals surface area contributed by atoms with Crippen molar-refractivity contribution in [2.24, 2.45) is 22.7 Å². The maximum absolute atomic E-state index is 13.0. The van der Waals surface area contributed by atoms with Crippen LogP contribution in [0, 0.1) is 22.7 Å². The van der Waals surface area contributed by atoms with Gasteiger partial charge in [0, 0.05) is 11.3 Å². The second-order valence-electron chi connectivity index (χ2n) is 8.93. The molecule has 4 rings (SSSR count). The maximum Gasteiger partial charge on any atom is 0.320 e. The number of methoxy groups -OCH3 is 2. The zero-order valence-electron chi connectivity index (χ0n) is 17.2. The first-order chi connectivity index (χ1) is 13.3. The van der Waals surface area contributed by atoms with Crippen LogP contribution >= 0.6 is 11.8 Å². The Hall–Kier alpha value is -1.75. The third-order valence-electron chi connectivity index (χ3n) is 7.70. The molecule has 0 N–H and O–H groups in total. The number of thioether (sulfide) groups is 1. The van der Waals surface area contributed by atoms with E-state index < -0.39 is 11.2 Å². The van der Waals surface area contributed by atoms with E-state index in [0.29, 0.717) is 5.92 Å². The van der Waals surface area contributed by atoms with Crippen LogP contribution < -0.4 is 0 Å². The van der Waals surface area contributed by atoms with E-state index in [9.17, 15) is 9.59 Å². The molecule has 1 aromatic rings. The molecular formula is C23H28O4S. The minimum absolute atomic E-state index is 0.0259. The molecule has 2 aliphatic carbocycles. The van der Waals surface area contributed by atoms with Crippen molar-refractivity contribution in [1.82, 2.24) is 0 Å². The smallest absolute Gasteiger partial charge is 0.320 e. The van der Waals surface area contributed by atoms with Gasteiger partial charge in [-0.25, -0.2) is 0 Å². The Morgan fingerprint density at radius 3 is 2.29 bits per heavy atom. The molecule has 0 spiro atoms. The second-order valence-corrected chi connectivity index (χ2v) is 10.1. The molecule has 28 heavy (non-hydrogen) atoms. The predicted molar refractivity (Wildman–Crippen MR) is 110 cm³/mol. The minimum atomic E-state index is -0.589. The molecule has 150 valence electrons. The molecule has 0 radical (unpaired) electrons. The highest BCUT2D eigenvalue weighted by molar-refractivity contribution is 8.04. The van der Waals surface area contributed by atoms with Gasteiger partial charge < -0.3 is 9.47 Å². The lowest BCUT2D eigenvalue weighted by molar-refractivity contribution is -0.152. The van der Waals surface area contributed by atoms with Crippen molar-refractivity contribution in [1.29, 1.82) is 0 Å². The third kappa shape index (κ3) is 2.44. The van der Waals surface area contributed by atoms with Gasteiger partial charge in [-0.3, -0.25) is 9.59 Å². The van der Waals surface area contributed by atoms with Crippen LogP contribution in [0.2, 0.25) is 0 Å². The van der Waals surface area contributed by atoms with E-state index in [0.717, 1.165) is 18.4 Å². The summed E-state index contributed by atoms with van der Waals surface area (Å²) in [5.41, 5.74) is 2.55. The molecule has 1 aliphatic heterocycles. The fourth-order valence-electron chi connectivity index (χ4n) is 5.81. The van der Waals surface area contributed by atoms with Crippen molar-refractivity contribution in [2.75, 3.05) is 14.2 Å². The summed E-state index contributed by atoms with van der Waals surface area (Å²) in [4.78, 5) is 27.0. The molecule has 0 amide bonds. The Kier molecular flexibility index (Phi) is 4.65. The topological polar surface area (TPSA) is 52.6 Å². The predicted octanol–water partition coefficient (Wildman–Crippen LogP) is 4.56. The van der Waals surface area contributed by atoms with Crippen LogP contribution in [0.3, 0.4) is 0 Å². The van der Waals surface area contributed by atoms with Crippen LogP contribution in [-0.4, -0.2) is 31.4 Å². The van der Waals surface area contributed by atoms with Gasteiger partial charge in [-0.1, -0.05) is 51.1 Å². The Bertz CT molecular complexity index is 843. The number of benzene rings is 1. The fourth-order valence-corrected chi connectivity index (χ4v) is 7.70. The summed E-state index contributed by atoms with van der Waals surface area (Å²) in [7, 11) is 2.80. The minimum Gasteiger partial charge on any atom is -0.469 e. The van der Waals surface area contributed by atoms with Gasteiger partial charge in [0.1, 0.15) is 5.25 Å². The number of carbonyl (C=O) groups is 2. The number of carbonyl (C=O) groups excluding carboxylic acids is 2. The summed E-state index contributed by atoms with van der Waals surface area (Å²) in [5.74, 6) is -1.01. The van der Waals surface area contributed by atoms with Gasteiger partial charge in [0.05, 0.1) is 20.1 Å². The molecule has 1 aromatic carbocycles. The molecule has 1 saturated carbocycles. The van der Waals surface area contributed by atoms with Crippen LogP contribution in [0.15, 0.2) is 40.8 Å². The zero-order valence-corrected chi connectivity index (χ0v) is 18.0. The van der Waals surface area contributed by atoms with Crippen molar-refractivity contribution in [3.8, 4) is 0 Å². The van der Waals surface area contributed by atoms with Crippen molar-refractivity contribution in [3.05, 3.63) is 46.4 Å². The van der Waals surface area contributed by atoms with Crippen molar-refractivity contribution in [3.63, 3.8) is 0 Å². The molecular weight excluding hydrogens is 372 g/mol. The van der Waals surface area contributed by atoms with E-state index in [-0.39, 0.29) is 28.7 Å². The van der Waals surface area contributed by atoms with Gasteiger partial charge in [0.15, 0.2) is 0 Å². The highest BCUT2D eigenvalue weighted by Crippen LogP contribution is 2.74. The first-order valence-electron chi connectivity index (χ1n) is 9.89. The SMILES string of the molecule is COC(=O)[C@@H]1[C@@H](c2ccccc2)C2=C(S[C@H]1C(=O)OC)[C@]1(C)CC[C@H]2C1(C)C. The molecule has 1 fully saturated rings. The lowest BCUT2D eigenvalue weighted by atomic mass is 9.69. The first-order valence-corrected chi connectivity index (χ1v) is 10.8. The number of rotatable bonds is 3. The first kappa shape index (κ1) is 19.6. The molecule has 5 heteroatoms. The summed E-state index contributed by atoms with van der Waals surface area (Å²) in [5, 5.41) is -0.589. The van der Waals surface area contributed by atoms with Crippen molar-refractivity contribution >= 4 is 23.7 Å². The Morgan fingerprint density at radius 2 is 1.68 bits per heavy atom. The lowest BCUT2D eigenvalue weighted by Crippen LogP contribution is -2.43. The third-order valence-corrected chi connectivity index (χ3v) is 9.36. The van der Waals surface area contributed by atoms with Crippen LogP contribution in [0.25, 0.3) is 0 Å². The van der Waals surface area contributed by atoms with Gasteiger partial charge in [-0.2, -0.15) is 0 Å². The number of ether oxygens (including phenoxy) is 2. The molecule has 0 unspecified atom stereocenters. The van der Waals surface area contributed by atoms with E-state index in [4.69, 9.17) is 9.47 Å². The van der Waals surface area contributed by atoms with E-state index in [1.165, 1.54) is 24.7 Å². The zero-order chi connectivity index (χ0) is 20.3. The van der Waals surface area contributed by atoms with Crippen LogP contribution in [0.1, 0.15) is 45.1 Å². The quantitative estimate of drug-likeness (QED) is 0.696. The molecule has 1 heterocycles. The van der Waals surface area contributed by atoms with Crippen molar-refractivity contribution in [2.45, 2.75) is 44.8 Å². The second kappa shape index (κ2) is 6.65. The fraction of sp³-hybridized carbons (Fsp3) is 0.565. The van der Waals surface area contributed by atoms with Crippen LogP contribution in [0.4, 0.5) is 0 Å². The molecule has 0 aromatic heterocycles. The highest BCUT2D eigenvalue weighted by atomic mass is 32.2. The Labute approximate surface area is 171 Å². The highest BCUT2D eigenvalue weighted by Gasteiger charge is 2.65. The average molecular weight is 401 g/mol. The summed E-state index contributed by atoms with van der Waals surface area (Å²) in [6, 6.07) is 10.1. The number of esters is 2. The average Bonchev–Trinajstić information content (AvgIpc) is 3.04. The Morgan fingerprint density at radius 1 is 1.04 bits per heavy atom. The van der Waals surface area contributed by atoms with E-state index in [2.05, 4.69) is 32.9 Å². The molecule has 4 nitrogen and oxygen atoms in total. The number of hydrogen-bond acceptors (Lipinski definition) is 5. The van der Waals surface area contributed by atoms with Gasteiger partial charge in [0.2, 0.25) is 0 Å². The molecule has 3 aliphatic rings. The monoisotopic (exact) mass is 400 g/mol. The normalized spacial score (nSPS) is 35.5. The summed E-state index contributed by atoms with van der Waals surface area (Å²) < 4.78 is 10.3. The summed E-state index contributed by atoms with van der Waals surface area (Å²) in [6.45, 7) is 7.01. The number of fused-ring (bicyclic) bond motifs is 4. The van der Waals surface area contributed by atoms with Gasteiger partial charge in [-0.05, 0) is 40.2 Å². The lowest BCUT2D eigenvalue weighted by Gasteiger charge is -2.42. The van der Waals surface area contributed by atoms with Crippen molar-refractivity contribution < 1.29 is 19.1 Å². The van der Waals surface area contributed by atoms with E-state index in [1.807, 2.05) is 18.2 Å². The van der Waals surface area contributed by atoms with E-state index in [1.54, 1.807) is 11.8 Å². The van der Waals surface area contributed by atoms with E-state index >= 15 is 0 Å². The van der Waals surface area contributed by atoms with Crippen LogP contribution in [0.5, 0.6) is 0 Å². The summed E-state index contributed by atoms with van der Waals surface area (Å²) in [6.07, 6.45) is 2.25. The van der Waals surface area contributed by atoms with Gasteiger partial charge >= 0.3 is 11.9 Å². The van der Waals surface area contributed by atoms with Gasteiger partial charge in [-0.15, -0.1) is 11.8 Å². The number of allylic oxidation sites excluding steroid dienone is 2. The molecule has 5 atom stereocenters. The largest absolute Gasteiger partial charge is 0.469 e. The maximum atomic E-state index is 13.0. The van der Waals surface area contributed by atoms with Gasteiger partial charge in [0.25, 0.3) is 0 Å². The summed E-state index contributed by atoms with van der Waals surface area (Å²) >= 11 is 1.55. The molecule has 0 saturated heterocycles. The van der Waals surface area contributed by atoms with Crippen LogP contribution in [-0.2, 0) is 19.1 Å². The number of hydrogen-bond donors (Lipinski definition) is 0. The standard InChI is InChI=1S/C23H28O4S/c1-22(2)14-11-12-23(22,3)19-16(14)15(13-9-7-6-8-10-13)17(20(24)26-4)18(28-19)21(25)27-5/h6-10,14-15,17-18H,11-12H2,1-5H3/t14-,15+,17-,18-,23+/m1/s1. The Balaban J connectivity index is 1.95.